The summed E-state index contributed by atoms with van der Waals surface area (Å²) in [5.74, 6) is -2.54. The van der Waals surface area contributed by atoms with Crippen LogP contribution in [0.25, 0.3) is 0 Å². The lowest BCUT2D eigenvalue weighted by atomic mass is 10.0. The van der Waals surface area contributed by atoms with Crippen LogP contribution in [0.2, 0.25) is 0 Å². The third-order valence-corrected chi connectivity index (χ3v) is 5.41. The van der Waals surface area contributed by atoms with E-state index in [4.69, 9.17) is 17.0 Å². The Hall–Kier alpha value is -4.12. The van der Waals surface area contributed by atoms with Crippen LogP contribution in [-0.4, -0.2) is 23.1 Å². The molecule has 0 aromatic heterocycles. The number of benzene rings is 3. The Bertz CT molecular complexity index is 1280. The van der Waals surface area contributed by atoms with Gasteiger partial charge in [-0.2, -0.15) is 0 Å². The van der Waals surface area contributed by atoms with Crippen molar-refractivity contribution in [3.63, 3.8) is 0 Å². The Kier molecular flexibility index (Phi) is 7.92. The second kappa shape index (κ2) is 10.9. The molecule has 1 amide bonds. The molecule has 1 atom stereocenters. The Labute approximate surface area is 205 Å². The lowest BCUT2D eigenvalue weighted by Crippen LogP contribution is -2.39. The number of aryl methyl sites for hydroxylation is 2. The molecular formula is C24H22F2N4O4S. The second-order valence-electron chi connectivity index (χ2n) is 7.60. The first-order chi connectivity index (χ1) is 16.6. The number of hydrogen-bond acceptors (Lipinski definition) is 5. The second-order valence-corrected chi connectivity index (χ2v) is 8.01. The summed E-state index contributed by atoms with van der Waals surface area (Å²) >= 11 is 5.29. The first-order valence-corrected chi connectivity index (χ1v) is 10.7. The highest BCUT2D eigenvalue weighted by atomic mass is 32.1. The number of hydrogen-bond donors (Lipinski definition) is 3. The van der Waals surface area contributed by atoms with Gasteiger partial charge in [0.1, 0.15) is 17.5 Å². The van der Waals surface area contributed by atoms with Crippen LogP contribution in [0.5, 0.6) is 5.75 Å². The van der Waals surface area contributed by atoms with Gasteiger partial charge < -0.3 is 20.7 Å². The zero-order valence-electron chi connectivity index (χ0n) is 19.0. The molecular weight excluding hydrogens is 478 g/mol. The van der Waals surface area contributed by atoms with E-state index < -0.39 is 28.5 Å². The van der Waals surface area contributed by atoms with Gasteiger partial charge >= 0.3 is 0 Å². The smallest absolute Gasteiger partial charge is 0.296 e. The van der Waals surface area contributed by atoms with Crippen LogP contribution in [-0.2, 0) is 4.79 Å². The molecule has 0 radical (unpaired) electrons. The number of rotatable bonds is 7. The normalized spacial score (nSPS) is 11.3. The summed E-state index contributed by atoms with van der Waals surface area (Å²) in [4.78, 5) is 24.1. The zero-order valence-corrected chi connectivity index (χ0v) is 19.8. The van der Waals surface area contributed by atoms with Gasteiger partial charge in [0.15, 0.2) is 16.7 Å². The van der Waals surface area contributed by atoms with Crippen molar-refractivity contribution in [2.45, 2.75) is 19.9 Å². The molecule has 3 N–H and O–H groups in total. The van der Waals surface area contributed by atoms with E-state index in [-0.39, 0.29) is 27.8 Å². The number of methoxy groups -OCH3 is 1. The van der Waals surface area contributed by atoms with Crippen molar-refractivity contribution in [1.82, 2.24) is 5.32 Å². The number of thiocarbonyl (C=S) groups is 1. The SMILES string of the molecule is COc1ccc(NC(=S)NC(C(=O)Nc2c(C)cccc2C)c2ccc(F)c(F)c2)c([N+](=O)[O-])c1. The van der Waals surface area contributed by atoms with E-state index in [1.807, 2.05) is 32.0 Å². The van der Waals surface area contributed by atoms with Crippen LogP contribution in [0.1, 0.15) is 22.7 Å². The molecule has 0 aliphatic rings. The molecule has 0 saturated carbocycles. The fourth-order valence-corrected chi connectivity index (χ4v) is 3.61. The molecule has 8 nitrogen and oxygen atoms in total. The highest BCUT2D eigenvalue weighted by molar-refractivity contribution is 7.80. The largest absolute Gasteiger partial charge is 0.496 e. The lowest BCUT2D eigenvalue weighted by molar-refractivity contribution is -0.384. The molecule has 35 heavy (non-hydrogen) atoms. The highest BCUT2D eigenvalue weighted by Gasteiger charge is 2.25. The van der Waals surface area contributed by atoms with Crippen LogP contribution < -0.4 is 20.7 Å². The number of carbonyl (C=O) groups excluding carboxylic acids is 1. The molecule has 3 rings (SSSR count). The van der Waals surface area contributed by atoms with Crippen LogP contribution in [0.4, 0.5) is 25.8 Å². The summed E-state index contributed by atoms with van der Waals surface area (Å²) in [6, 6.07) is 11.4. The average Bonchev–Trinajstić information content (AvgIpc) is 2.81. The maximum Gasteiger partial charge on any atom is 0.296 e. The molecule has 0 aliphatic heterocycles. The molecule has 0 saturated heterocycles. The van der Waals surface area contributed by atoms with Crippen molar-refractivity contribution >= 4 is 40.3 Å². The molecule has 11 heteroatoms. The van der Waals surface area contributed by atoms with Gasteiger partial charge in [-0.25, -0.2) is 8.78 Å². The first kappa shape index (κ1) is 25.5. The number of nitro benzene ring substituents is 1. The first-order valence-electron chi connectivity index (χ1n) is 10.3. The summed E-state index contributed by atoms with van der Waals surface area (Å²) in [7, 11) is 1.37. The van der Waals surface area contributed by atoms with Crippen LogP contribution in [0.3, 0.4) is 0 Å². The fourth-order valence-electron chi connectivity index (χ4n) is 3.38. The van der Waals surface area contributed by atoms with Gasteiger partial charge in [-0.3, -0.25) is 14.9 Å². The lowest BCUT2D eigenvalue weighted by Gasteiger charge is -2.22. The summed E-state index contributed by atoms with van der Waals surface area (Å²) in [5.41, 5.74) is 2.01. The van der Waals surface area contributed by atoms with E-state index >= 15 is 0 Å². The fraction of sp³-hybridized carbons (Fsp3) is 0.167. The van der Waals surface area contributed by atoms with E-state index in [0.717, 1.165) is 23.3 Å². The van der Waals surface area contributed by atoms with Gasteiger partial charge in [0, 0.05) is 5.69 Å². The van der Waals surface area contributed by atoms with Crippen molar-refractivity contribution in [1.29, 1.82) is 0 Å². The number of ether oxygens (including phenoxy) is 1. The molecule has 0 spiro atoms. The maximum absolute atomic E-state index is 14.0. The molecule has 0 fully saturated rings. The van der Waals surface area contributed by atoms with E-state index in [1.165, 1.54) is 31.4 Å². The van der Waals surface area contributed by atoms with Gasteiger partial charge in [-0.15, -0.1) is 0 Å². The van der Waals surface area contributed by atoms with E-state index in [0.29, 0.717) is 5.69 Å². The zero-order chi connectivity index (χ0) is 25.7. The van der Waals surface area contributed by atoms with Crippen molar-refractivity contribution in [3.8, 4) is 5.75 Å². The average molecular weight is 501 g/mol. The number of para-hydroxylation sites is 1. The summed E-state index contributed by atoms with van der Waals surface area (Å²) in [6.07, 6.45) is 0. The molecule has 3 aromatic carbocycles. The Morgan fingerprint density at radius 1 is 1.03 bits per heavy atom. The third kappa shape index (κ3) is 6.07. The highest BCUT2D eigenvalue weighted by Crippen LogP contribution is 2.29. The van der Waals surface area contributed by atoms with Gasteiger partial charge in [0.05, 0.1) is 18.1 Å². The van der Waals surface area contributed by atoms with Crippen molar-refractivity contribution in [3.05, 3.63) is 93.0 Å². The minimum Gasteiger partial charge on any atom is -0.496 e. The number of nitrogens with one attached hydrogen (secondary N) is 3. The Morgan fingerprint density at radius 2 is 1.71 bits per heavy atom. The van der Waals surface area contributed by atoms with Crippen LogP contribution in [0.15, 0.2) is 54.6 Å². The number of halogens is 2. The molecule has 182 valence electrons. The van der Waals surface area contributed by atoms with Gasteiger partial charge in [0.25, 0.3) is 11.6 Å². The quantitative estimate of drug-likeness (QED) is 0.234. The summed E-state index contributed by atoms with van der Waals surface area (Å²) < 4.78 is 32.5. The van der Waals surface area contributed by atoms with Crippen molar-refractivity contribution < 1.29 is 23.2 Å². The number of anilines is 2. The number of nitrogens with zero attached hydrogens (tertiary/aromatic N) is 1. The number of amides is 1. The molecule has 1 unspecified atom stereocenters. The Morgan fingerprint density at radius 3 is 2.31 bits per heavy atom. The topological polar surface area (TPSA) is 106 Å². The number of nitro groups is 1. The van der Waals surface area contributed by atoms with Crippen molar-refractivity contribution in [2.24, 2.45) is 0 Å². The summed E-state index contributed by atoms with van der Waals surface area (Å²) in [5, 5.41) is 19.5. The van der Waals surface area contributed by atoms with Crippen molar-refractivity contribution in [2.75, 3.05) is 17.7 Å². The predicted molar refractivity (Wildman–Crippen MR) is 133 cm³/mol. The molecule has 0 aliphatic carbocycles. The minimum atomic E-state index is -1.25. The minimum absolute atomic E-state index is 0.0486. The molecule has 3 aromatic rings. The van der Waals surface area contributed by atoms with Crippen LogP contribution >= 0.6 is 12.2 Å². The Balaban J connectivity index is 1.91. The molecule has 0 bridgehead atoms. The standard InChI is InChI=1S/C24H22F2N4O4S/c1-13-5-4-6-14(2)21(13)28-23(31)22(15-7-9-17(25)18(26)11-15)29-24(35)27-19-10-8-16(34-3)12-20(19)30(32)33/h4-12,22H,1-3H3,(H,28,31)(H2,27,29,35). The van der Waals surface area contributed by atoms with Gasteiger partial charge in [-0.05, 0) is 67.0 Å². The predicted octanol–water partition coefficient (Wildman–Crippen LogP) is 5.16. The third-order valence-electron chi connectivity index (χ3n) is 5.19. The van der Waals surface area contributed by atoms with E-state index in [1.54, 1.807) is 0 Å². The maximum atomic E-state index is 14.0. The number of carbonyl (C=O) groups is 1. The van der Waals surface area contributed by atoms with Gasteiger partial charge in [-0.1, -0.05) is 24.3 Å². The monoisotopic (exact) mass is 500 g/mol. The summed E-state index contributed by atoms with van der Waals surface area (Å²) in [6.45, 7) is 3.63. The van der Waals surface area contributed by atoms with E-state index in [9.17, 15) is 23.7 Å². The molecule has 0 heterocycles. The van der Waals surface area contributed by atoms with Crippen LogP contribution in [0, 0.1) is 35.6 Å². The van der Waals surface area contributed by atoms with Gasteiger partial charge in [0.2, 0.25) is 0 Å². The van der Waals surface area contributed by atoms with E-state index in [2.05, 4.69) is 16.0 Å².